The number of carbonyl (C=O) groups excluding carboxylic acids is 1. The van der Waals surface area contributed by atoms with Crippen molar-refractivity contribution in [3.8, 4) is 0 Å². The molecule has 2 aromatic carbocycles. The predicted octanol–water partition coefficient (Wildman–Crippen LogP) is 2.25. The Labute approximate surface area is 132 Å². The van der Waals surface area contributed by atoms with Crippen molar-refractivity contribution >= 4 is 17.3 Å². The molecule has 2 aliphatic rings. The van der Waals surface area contributed by atoms with Crippen LogP contribution < -0.4 is 11.1 Å². The van der Waals surface area contributed by atoms with Crippen molar-refractivity contribution in [3.63, 3.8) is 0 Å². The fourth-order valence-electron chi connectivity index (χ4n) is 3.63. The van der Waals surface area contributed by atoms with Gasteiger partial charge in [-0.25, -0.2) is 0 Å². The minimum Gasteiger partial charge on any atom is -0.398 e. The average Bonchev–Trinajstić information content (AvgIpc) is 3.04. The van der Waals surface area contributed by atoms with Crippen LogP contribution in [0.2, 0.25) is 0 Å². The summed E-state index contributed by atoms with van der Waals surface area (Å²) in [5.41, 5.74) is 8.73. The van der Waals surface area contributed by atoms with Crippen LogP contribution in [0.25, 0.3) is 0 Å². The molecule has 3 atom stereocenters. The molecule has 3 N–H and O–H groups in total. The van der Waals surface area contributed by atoms with E-state index in [1.165, 1.54) is 29.3 Å². The number of benzene rings is 2. The molecule has 2 aromatic rings. The molecule has 6 nitrogen and oxygen atoms in total. The largest absolute Gasteiger partial charge is 0.398 e. The van der Waals surface area contributed by atoms with E-state index in [9.17, 15) is 14.9 Å². The summed E-state index contributed by atoms with van der Waals surface area (Å²) >= 11 is 0. The molecule has 0 unspecified atom stereocenters. The summed E-state index contributed by atoms with van der Waals surface area (Å²) in [4.78, 5) is 22.7. The first-order chi connectivity index (χ1) is 11.1. The Morgan fingerprint density at radius 2 is 2.04 bits per heavy atom. The number of hydrogen-bond donors (Lipinski definition) is 2. The van der Waals surface area contributed by atoms with Crippen molar-refractivity contribution in [2.45, 2.75) is 18.4 Å². The van der Waals surface area contributed by atoms with Gasteiger partial charge in [0.25, 0.3) is 11.6 Å². The number of fused-ring (bicyclic) bond motifs is 3. The van der Waals surface area contributed by atoms with Crippen LogP contribution in [0.15, 0.2) is 42.5 Å². The predicted molar refractivity (Wildman–Crippen MR) is 85.1 cm³/mol. The van der Waals surface area contributed by atoms with Gasteiger partial charge in [0.1, 0.15) is 0 Å². The molecule has 2 aliphatic carbocycles. The number of nitrogens with zero attached hydrogens (tertiary/aromatic N) is 1. The van der Waals surface area contributed by atoms with E-state index >= 15 is 0 Å². The molecule has 0 radical (unpaired) electrons. The van der Waals surface area contributed by atoms with Crippen molar-refractivity contribution in [1.82, 2.24) is 5.32 Å². The van der Waals surface area contributed by atoms with Crippen LogP contribution in [0.1, 0.15) is 27.4 Å². The molecule has 23 heavy (non-hydrogen) atoms. The minimum atomic E-state index is -0.529. The third-order valence-corrected chi connectivity index (χ3v) is 4.83. The molecule has 6 heteroatoms. The van der Waals surface area contributed by atoms with Crippen LogP contribution >= 0.6 is 0 Å². The van der Waals surface area contributed by atoms with E-state index in [4.69, 9.17) is 5.73 Å². The fourth-order valence-corrected chi connectivity index (χ4v) is 3.63. The zero-order chi connectivity index (χ0) is 16.1. The van der Waals surface area contributed by atoms with Crippen LogP contribution in [0.4, 0.5) is 11.4 Å². The van der Waals surface area contributed by atoms with E-state index in [0.717, 1.165) is 6.42 Å². The van der Waals surface area contributed by atoms with E-state index in [2.05, 4.69) is 17.4 Å². The fraction of sp³-hybridized carbons (Fsp3) is 0.235. The second-order valence-corrected chi connectivity index (χ2v) is 6.12. The number of nitro groups is 1. The standard InChI is InChI=1S/C17H15N3O3/c18-14-6-5-10(20(22)23)8-12(14)17(21)19-16-13-7-9-3-1-2-4-11(9)15(13)16/h1-6,8,13,15-16H,7,18H2,(H,19,21)/t13-,15+,16-/m1/s1. The number of hydrogen-bond acceptors (Lipinski definition) is 4. The van der Waals surface area contributed by atoms with Crippen LogP contribution in [-0.2, 0) is 6.42 Å². The molecule has 0 heterocycles. The quantitative estimate of drug-likeness (QED) is 0.516. The summed E-state index contributed by atoms with van der Waals surface area (Å²) in [6, 6.07) is 12.3. The smallest absolute Gasteiger partial charge is 0.270 e. The number of carbonyl (C=O) groups is 1. The SMILES string of the molecule is Nc1ccc([N+](=O)[O-])cc1C(=O)N[C@@H]1[C@@H]2Cc3ccccc3[C@@H]21. The maximum absolute atomic E-state index is 12.4. The Hall–Kier alpha value is -2.89. The number of nitrogen functional groups attached to an aromatic ring is 1. The molecule has 0 spiro atoms. The average molecular weight is 309 g/mol. The zero-order valence-electron chi connectivity index (χ0n) is 12.2. The lowest BCUT2D eigenvalue weighted by Gasteiger charge is -2.10. The van der Waals surface area contributed by atoms with Gasteiger partial charge in [0.2, 0.25) is 0 Å². The van der Waals surface area contributed by atoms with Gasteiger partial charge in [-0.3, -0.25) is 14.9 Å². The Morgan fingerprint density at radius 1 is 1.26 bits per heavy atom. The first kappa shape index (κ1) is 13.8. The lowest BCUT2D eigenvalue weighted by atomic mass is 10.0. The number of amides is 1. The van der Waals surface area contributed by atoms with Gasteiger partial charge >= 0.3 is 0 Å². The van der Waals surface area contributed by atoms with Crippen molar-refractivity contribution < 1.29 is 9.72 Å². The molecule has 4 rings (SSSR count). The molecule has 0 bridgehead atoms. The lowest BCUT2D eigenvalue weighted by molar-refractivity contribution is -0.384. The number of nitrogens with one attached hydrogen (secondary N) is 1. The number of anilines is 1. The van der Waals surface area contributed by atoms with Gasteiger partial charge < -0.3 is 11.1 Å². The van der Waals surface area contributed by atoms with E-state index in [1.807, 2.05) is 12.1 Å². The molecule has 1 amide bonds. The highest BCUT2D eigenvalue weighted by Gasteiger charge is 2.56. The van der Waals surface area contributed by atoms with Crippen molar-refractivity contribution in [1.29, 1.82) is 0 Å². The summed E-state index contributed by atoms with van der Waals surface area (Å²) < 4.78 is 0. The molecular weight excluding hydrogens is 294 g/mol. The van der Waals surface area contributed by atoms with Gasteiger partial charge in [0.05, 0.1) is 10.5 Å². The molecular formula is C17H15N3O3. The van der Waals surface area contributed by atoms with Gasteiger partial charge in [0.15, 0.2) is 0 Å². The molecule has 116 valence electrons. The van der Waals surface area contributed by atoms with Crippen molar-refractivity contribution in [2.75, 3.05) is 5.73 Å². The van der Waals surface area contributed by atoms with Crippen molar-refractivity contribution in [2.24, 2.45) is 5.92 Å². The second kappa shape index (κ2) is 4.81. The lowest BCUT2D eigenvalue weighted by Crippen LogP contribution is -2.29. The molecule has 0 aliphatic heterocycles. The van der Waals surface area contributed by atoms with Crippen LogP contribution in [-0.4, -0.2) is 16.9 Å². The number of non-ortho nitro benzene ring substituents is 1. The Balaban J connectivity index is 1.53. The van der Waals surface area contributed by atoms with Gasteiger partial charge in [-0.2, -0.15) is 0 Å². The Kier molecular flexibility index (Phi) is 2.87. The van der Waals surface area contributed by atoms with Gasteiger partial charge in [0, 0.05) is 29.8 Å². The van der Waals surface area contributed by atoms with Crippen LogP contribution in [0.3, 0.4) is 0 Å². The Morgan fingerprint density at radius 3 is 2.83 bits per heavy atom. The first-order valence-electron chi connectivity index (χ1n) is 7.49. The van der Waals surface area contributed by atoms with Crippen molar-refractivity contribution in [3.05, 3.63) is 69.3 Å². The Bertz CT molecular complexity index is 834. The molecule has 1 fully saturated rings. The molecule has 0 aromatic heterocycles. The first-order valence-corrected chi connectivity index (χ1v) is 7.49. The van der Waals surface area contributed by atoms with Crippen LogP contribution in [0, 0.1) is 16.0 Å². The second-order valence-electron chi connectivity index (χ2n) is 6.12. The highest BCUT2D eigenvalue weighted by molar-refractivity contribution is 6.00. The number of rotatable bonds is 3. The number of nitro benzene ring substituents is 1. The molecule has 1 saturated carbocycles. The van der Waals surface area contributed by atoms with Gasteiger partial charge in [-0.1, -0.05) is 24.3 Å². The zero-order valence-corrected chi connectivity index (χ0v) is 12.2. The normalized spacial score (nSPS) is 23.7. The third-order valence-electron chi connectivity index (χ3n) is 4.83. The number of nitrogens with two attached hydrogens (primary N) is 1. The summed E-state index contributed by atoms with van der Waals surface area (Å²) in [6.07, 6.45) is 0.968. The summed E-state index contributed by atoms with van der Waals surface area (Å²) in [6.45, 7) is 0. The minimum absolute atomic E-state index is 0.0936. The van der Waals surface area contributed by atoms with E-state index < -0.39 is 4.92 Å². The summed E-state index contributed by atoms with van der Waals surface area (Å²) in [7, 11) is 0. The van der Waals surface area contributed by atoms with Gasteiger partial charge in [-0.05, 0) is 29.5 Å². The van der Waals surface area contributed by atoms with Gasteiger partial charge in [-0.15, -0.1) is 0 Å². The van der Waals surface area contributed by atoms with Crippen LogP contribution in [0.5, 0.6) is 0 Å². The topological polar surface area (TPSA) is 98.3 Å². The van der Waals surface area contributed by atoms with E-state index in [-0.39, 0.29) is 28.9 Å². The highest BCUT2D eigenvalue weighted by atomic mass is 16.6. The highest BCUT2D eigenvalue weighted by Crippen LogP contribution is 2.56. The summed E-state index contributed by atoms with van der Waals surface area (Å²) in [5, 5.41) is 13.8. The van der Waals surface area contributed by atoms with E-state index in [0.29, 0.717) is 11.8 Å². The summed E-state index contributed by atoms with van der Waals surface area (Å²) in [5.74, 6) is 0.439. The maximum Gasteiger partial charge on any atom is 0.270 e. The van der Waals surface area contributed by atoms with E-state index in [1.54, 1.807) is 0 Å². The third kappa shape index (κ3) is 2.14. The molecule has 0 saturated heterocycles. The monoisotopic (exact) mass is 309 g/mol. The maximum atomic E-state index is 12.4.